The number of nitrogens with one attached hydrogen (secondary N) is 6. The Hall–Kier alpha value is -6.75. The van der Waals surface area contributed by atoms with Crippen LogP contribution in [0.2, 0.25) is 0 Å². The van der Waals surface area contributed by atoms with Gasteiger partial charge in [-0.05, 0) is 130 Å². The van der Waals surface area contributed by atoms with Gasteiger partial charge < -0.3 is 46.3 Å². The molecule has 9 rings (SSSR count). The van der Waals surface area contributed by atoms with Gasteiger partial charge >= 0.3 is 0 Å². The molecule has 79 heavy (non-hydrogen) atoms. The zero-order chi connectivity index (χ0) is 56.1. The van der Waals surface area contributed by atoms with Gasteiger partial charge in [-0.2, -0.15) is 0 Å². The van der Waals surface area contributed by atoms with E-state index in [1.54, 1.807) is 45.2 Å². The molecule has 6 amide bonds. The lowest BCUT2D eigenvalue weighted by molar-refractivity contribution is -0.151. The maximum atomic E-state index is 15.3. The Labute approximate surface area is 458 Å². The smallest absolute Gasteiger partial charge is 0.252 e. The lowest BCUT2D eigenvalue weighted by atomic mass is 9.82. The lowest BCUT2D eigenvalue weighted by Crippen LogP contribution is -2.63. The number of carbonyl (C=O) groups excluding carboxylic acids is 6. The minimum absolute atomic E-state index is 0.0300. The molecule has 1 unspecified atom stereocenters. The van der Waals surface area contributed by atoms with E-state index in [4.69, 9.17) is 9.47 Å². The van der Waals surface area contributed by atoms with Crippen LogP contribution in [0.1, 0.15) is 74.4 Å². The Kier molecular flexibility index (Phi) is 17.8. The molecule has 422 valence electrons. The first-order valence-electron chi connectivity index (χ1n) is 27.2. The van der Waals surface area contributed by atoms with Crippen LogP contribution in [0.15, 0.2) is 78.9 Å². The predicted octanol–water partition coefficient (Wildman–Crippen LogP) is 4.30. The molecule has 7 atom stereocenters. The highest BCUT2D eigenvalue weighted by molar-refractivity contribution is 6.07. The zero-order valence-electron chi connectivity index (χ0n) is 45.3. The van der Waals surface area contributed by atoms with E-state index in [9.17, 15) is 23.6 Å². The minimum atomic E-state index is -1.50. The predicted molar refractivity (Wildman–Crippen MR) is 290 cm³/mol. The molecule has 0 aromatic heterocycles. The molecule has 3 saturated heterocycles. The molecule has 5 heterocycles. The van der Waals surface area contributed by atoms with Crippen LogP contribution in [0, 0.1) is 23.4 Å². The minimum Gasteiger partial charge on any atom is -0.383 e. The van der Waals surface area contributed by atoms with E-state index in [2.05, 4.69) is 48.6 Å². The van der Waals surface area contributed by atoms with Crippen molar-refractivity contribution in [3.05, 3.63) is 124 Å². The first-order valence-corrected chi connectivity index (χ1v) is 27.2. The quantitative estimate of drug-likeness (QED) is 0.0875. The molecule has 4 aromatic carbocycles. The largest absolute Gasteiger partial charge is 0.383 e. The number of imide groups is 1. The molecule has 3 fully saturated rings. The number of nitrogens with zero attached hydrogens (tertiary/aromatic N) is 4. The second kappa shape index (κ2) is 24.7. The van der Waals surface area contributed by atoms with Gasteiger partial charge in [-0.1, -0.05) is 36.4 Å². The number of hydrogen-bond donors (Lipinski definition) is 6. The van der Waals surface area contributed by atoms with Gasteiger partial charge in [0, 0.05) is 82.0 Å². The molecule has 6 N–H and O–H groups in total. The summed E-state index contributed by atoms with van der Waals surface area (Å²) in [5.74, 6) is -6.71. The van der Waals surface area contributed by atoms with Gasteiger partial charge in [-0.3, -0.25) is 43.5 Å². The number of ether oxygens (including phenoxy) is 2. The Morgan fingerprint density at radius 1 is 0.873 bits per heavy atom. The summed E-state index contributed by atoms with van der Waals surface area (Å²) in [4.78, 5) is 94.4. The van der Waals surface area contributed by atoms with Gasteiger partial charge in [0.05, 0.1) is 31.2 Å². The number of carbonyl (C=O) groups is 6. The SMILES string of the molecule is CN[C@@H](C)C(=O)N[C@H](C(=O)N1Cc2ccc(NC(=O)CN(C(=O)CN3C[C@@H](C)NC[C@@H]3CN3CCOC[C@H]3C)C(=O)C3(C)CNc4cc(Cc5ccc(F)cc5)ccc43)cc2[C@H]1C(=O)Nc1c(F)cccc1F)C1CCOCC1. The molecule has 0 saturated carbocycles. The molecular formula is C58H71F3N10O8. The normalized spacial score (nSPS) is 23.2. The fourth-order valence-electron chi connectivity index (χ4n) is 11.4. The third-order valence-corrected chi connectivity index (χ3v) is 16.2. The van der Waals surface area contributed by atoms with Crippen molar-refractivity contribution in [2.24, 2.45) is 5.92 Å². The third kappa shape index (κ3) is 12.8. The first kappa shape index (κ1) is 57.0. The molecule has 21 heteroatoms. The fraction of sp³-hybridized carbons (Fsp3) is 0.483. The van der Waals surface area contributed by atoms with E-state index < -0.39 is 82.9 Å². The van der Waals surface area contributed by atoms with Gasteiger partial charge in [0.1, 0.15) is 41.8 Å². The molecule has 5 aliphatic heterocycles. The molecule has 18 nitrogen and oxygen atoms in total. The lowest BCUT2D eigenvalue weighted by Gasteiger charge is -2.44. The molecular weight excluding hydrogens is 1020 g/mol. The second-order valence-electron chi connectivity index (χ2n) is 21.8. The van der Waals surface area contributed by atoms with E-state index in [0.717, 1.165) is 40.8 Å². The van der Waals surface area contributed by atoms with Crippen molar-refractivity contribution in [3.8, 4) is 0 Å². The highest BCUT2D eigenvalue weighted by atomic mass is 19.1. The summed E-state index contributed by atoms with van der Waals surface area (Å²) in [7, 11) is 1.61. The van der Waals surface area contributed by atoms with Crippen LogP contribution < -0.4 is 31.9 Å². The number of fused-ring (bicyclic) bond motifs is 2. The number of para-hydroxylation sites is 1. The number of likely N-dealkylation sites (N-methyl/N-ethyl adjacent to an activating group) is 1. The zero-order valence-corrected chi connectivity index (χ0v) is 45.3. The Morgan fingerprint density at radius 3 is 2.33 bits per heavy atom. The fourth-order valence-corrected chi connectivity index (χ4v) is 11.4. The van der Waals surface area contributed by atoms with Crippen LogP contribution in [0.4, 0.5) is 30.2 Å². The van der Waals surface area contributed by atoms with Crippen LogP contribution in [-0.2, 0) is 56.6 Å². The Balaban J connectivity index is 1.01. The van der Waals surface area contributed by atoms with E-state index in [0.29, 0.717) is 82.1 Å². The van der Waals surface area contributed by atoms with Crippen LogP contribution in [-0.4, -0.2) is 165 Å². The monoisotopic (exact) mass is 1090 g/mol. The van der Waals surface area contributed by atoms with Gasteiger partial charge in [-0.25, -0.2) is 13.2 Å². The number of halogens is 3. The first-order chi connectivity index (χ1) is 37.9. The molecule has 0 aliphatic carbocycles. The van der Waals surface area contributed by atoms with Crippen molar-refractivity contribution >= 4 is 52.5 Å². The van der Waals surface area contributed by atoms with Crippen LogP contribution in [0.5, 0.6) is 0 Å². The Morgan fingerprint density at radius 2 is 1.61 bits per heavy atom. The third-order valence-electron chi connectivity index (χ3n) is 16.2. The molecule has 4 aromatic rings. The maximum Gasteiger partial charge on any atom is 0.252 e. The van der Waals surface area contributed by atoms with Gasteiger partial charge in [0.25, 0.3) is 5.91 Å². The van der Waals surface area contributed by atoms with E-state index in [1.165, 1.54) is 23.1 Å². The van der Waals surface area contributed by atoms with Crippen LogP contribution in [0.25, 0.3) is 0 Å². The maximum absolute atomic E-state index is 15.3. The number of benzene rings is 4. The molecule has 5 aliphatic rings. The standard InChI is InChI=1S/C58H71F3N10O8/c1-34-27-69(43(26-63-34)29-68-19-22-79-32-35(68)2)31-50(73)70(57(77)58(4)33-64-48-24-38(11-16-45(48)58)23-37-9-13-41(59)14-10-37)30-49(72)65-42-15-12-40-28-71(53(44(40)25-42)55(75)67-52-46(60)7-6-8-47(52)61)56(76)51(39-17-20-78-21-18-39)66-54(74)36(3)62-5/h6-16,24-25,34-36,39,43,51,53,62-64H,17-23,26-33H2,1-5H3,(H,65,72)(H,66,74)(H,67,75)/t34-,35-,36+,43-,51+,53+,58?/m1/s1. The van der Waals surface area contributed by atoms with Crippen molar-refractivity contribution < 1.29 is 51.4 Å². The van der Waals surface area contributed by atoms with E-state index >= 15 is 18.4 Å². The van der Waals surface area contributed by atoms with Crippen molar-refractivity contribution in [1.82, 2.24) is 35.6 Å². The molecule has 0 bridgehead atoms. The number of anilines is 3. The van der Waals surface area contributed by atoms with E-state index in [1.807, 2.05) is 25.1 Å². The molecule has 0 spiro atoms. The van der Waals surface area contributed by atoms with Crippen molar-refractivity contribution in [1.29, 1.82) is 0 Å². The number of piperazine rings is 1. The van der Waals surface area contributed by atoms with Crippen LogP contribution in [0.3, 0.4) is 0 Å². The number of morpholine rings is 1. The van der Waals surface area contributed by atoms with Gasteiger partial charge in [-0.15, -0.1) is 0 Å². The number of amides is 6. The molecule has 0 radical (unpaired) electrons. The highest BCUT2D eigenvalue weighted by Gasteiger charge is 2.48. The topological polar surface area (TPSA) is 206 Å². The van der Waals surface area contributed by atoms with Crippen LogP contribution >= 0.6 is 0 Å². The summed E-state index contributed by atoms with van der Waals surface area (Å²) in [6.45, 7) is 11.0. The van der Waals surface area contributed by atoms with Crippen molar-refractivity contribution in [3.63, 3.8) is 0 Å². The summed E-state index contributed by atoms with van der Waals surface area (Å²) in [5, 5.41) is 17.9. The highest BCUT2D eigenvalue weighted by Crippen LogP contribution is 2.41. The van der Waals surface area contributed by atoms with Crippen molar-refractivity contribution in [2.45, 2.75) is 95.2 Å². The number of rotatable bonds is 17. The number of hydrogen-bond acceptors (Lipinski definition) is 13. The average Bonchev–Trinajstić information content (AvgIpc) is 4.22. The van der Waals surface area contributed by atoms with Gasteiger partial charge in [0.2, 0.25) is 29.5 Å². The van der Waals surface area contributed by atoms with Gasteiger partial charge in [0.15, 0.2) is 0 Å². The Bertz CT molecular complexity index is 2910. The summed E-state index contributed by atoms with van der Waals surface area (Å²) in [5.41, 5.74) is 2.00. The average molecular weight is 1090 g/mol. The summed E-state index contributed by atoms with van der Waals surface area (Å²) >= 11 is 0. The summed E-state index contributed by atoms with van der Waals surface area (Å²) in [6, 6.07) is 16.5. The second-order valence-corrected chi connectivity index (χ2v) is 21.8. The van der Waals surface area contributed by atoms with E-state index in [-0.39, 0.29) is 60.7 Å². The summed E-state index contributed by atoms with van der Waals surface area (Å²) < 4.78 is 55.3. The van der Waals surface area contributed by atoms with Crippen molar-refractivity contribution in [2.75, 3.05) is 95.2 Å². The summed E-state index contributed by atoms with van der Waals surface area (Å²) in [6.07, 6.45) is 1.38.